The second-order valence-electron chi connectivity index (χ2n) is 3.96. The molecule has 0 unspecified atom stereocenters. The molecule has 0 aliphatic carbocycles. The summed E-state index contributed by atoms with van der Waals surface area (Å²) >= 11 is 0. The number of hydrogen-bond acceptors (Lipinski definition) is 5. The average Bonchev–Trinajstić information content (AvgIpc) is 2.84. The summed E-state index contributed by atoms with van der Waals surface area (Å²) in [5.74, 6) is 0.592. The molecule has 1 aromatic carbocycles. The van der Waals surface area contributed by atoms with Crippen molar-refractivity contribution in [1.82, 2.24) is 15.5 Å². The molecule has 1 atom stereocenters. The van der Waals surface area contributed by atoms with Crippen LogP contribution in [-0.4, -0.2) is 23.2 Å². The lowest BCUT2D eigenvalue weighted by atomic mass is 10.1. The van der Waals surface area contributed by atoms with Crippen LogP contribution < -0.4 is 5.32 Å². The van der Waals surface area contributed by atoms with Crippen molar-refractivity contribution >= 4 is 5.91 Å². The molecule has 1 heterocycles. The smallest absolute Gasteiger partial charge is 0.254 e. The normalized spacial score (nSPS) is 12.1. The third kappa shape index (κ3) is 3.38. The SMILES string of the molecule is CO[C@H](C(=O)NCc1nnc(C)o1)c1ccccc1. The van der Waals surface area contributed by atoms with Gasteiger partial charge < -0.3 is 14.5 Å². The van der Waals surface area contributed by atoms with Crippen molar-refractivity contribution < 1.29 is 13.9 Å². The molecule has 0 radical (unpaired) electrons. The van der Waals surface area contributed by atoms with Crippen LogP contribution in [0, 0.1) is 6.92 Å². The molecule has 0 fully saturated rings. The number of nitrogens with zero attached hydrogens (tertiary/aromatic N) is 2. The van der Waals surface area contributed by atoms with Gasteiger partial charge in [0.2, 0.25) is 11.8 Å². The Hall–Kier alpha value is -2.21. The number of hydrogen-bond donors (Lipinski definition) is 1. The van der Waals surface area contributed by atoms with Crippen LogP contribution >= 0.6 is 0 Å². The number of rotatable bonds is 5. The van der Waals surface area contributed by atoms with E-state index in [1.807, 2.05) is 30.3 Å². The molecule has 0 aliphatic rings. The van der Waals surface area contributed by atoms with E-state index in [0.717, 1.165) is 5.56 Å². The van der Waals surface area contributed by atoms with Crippen molar-refractivity contribution in [2.75, 3.05) is 7.11 Å². The van der Waals surface area contributed by atoms with E-state index >= 15 is 0 Å². The Balaban J connectivity index is 1.98. The molecule has 100 valence electrons. The lowest BCUT2D eigenvalue weighted by Gasteiger charge is -2.14. The molecule has 0 saturated heterocycles. The predicted octanol–water partition coefficient (Wildman–Crippen LogP) is 1.38. The first kappa shape index (κ1) is 13.2. The molecular weight excluding hydrogens is 246 g/mol. The van der Waals surface area contributed by atoms with E-state index in [4.69, 9.17) is 9.15 Å². The van der Waals surface area contributed by atoms with Gasteiger partial charge in [0, 0.05) is 14.0 Å². The summed E-state index contributed by atoms with van der Waals surface area (Å²) < 4.78 is 10.4. The van der Waals surface area contributed by atoms with E-state index in [2.05, 4.69) is 15.5 Å². The Labute approximate surface area is 110 Å². The second-order valence-corrected chi connectivity index (χ2v) is 3.96. The number of aryl methyl sites for hydroxylation is 1. The molecule has 19 heavy (non-hydrogen) atoms. The van der Waals surface area contributed by atoms with E-state index in [1.165, 1.54) is 7.11 Å². The van der Waals surface area contributed by atoms with Gasteiger partial charge in [-0.2, -0.15) is 0 Å². The first-order valence-electron chi connectivity index (χ1n) is 5.85. The van der Waals surface area contributed by atoms with Gasteiger partial charge in [-0.3, -0.25) is 4.79 Å². The summed E-state index contributed by atoms with van der Waals surface area (Å²) in [7, 11) is 1.49. The van der Waals surface area contributed by atoms with Crippen molar-refractivity contribution in [2.45, 2.75) is 19.6 Å². The van der Waals surface area contributed by atoms with Crippen LogP contribution in [0.5, 0.6) is 0 Å². The number of nitrogens with one attached hydrogen (secondary N) is 1. The highest BCUT2D eigenvalue weighted by molar-refractivity contribution is 5.82. The summed E-state index contributed by atoms with van der Waals surface area (Å²) in [6.45, 7) is 1.88. The molecule has 1 amide bonds. The third-order valence-corrected chi connectivity index (χ3v) is 2.56. The van der Waals surface area contributed by atoms with Gasteiger partial charge in [-0.15, -0.1) is 10.2 Å². The number of amides is 1. The first-order chi connectivity index (χ1) is 9.20. The van der Waals surface area contributed by atoms with Crippen LogP contribution in [0.1, 0.15) is 23.4 Å². The molecule has 1 aromatic heterocycles. The minimum Gasteiger partial charge on any atom is -0.424 e. The Morgan fingerprint density at radius 3 is 2.68 bits per heavy atom. The third-order valence-electron chi connectivity index (χ3n) is 2.56. The fourth-order valence-corrected chi connectivity index (χ4v) is 1.69. The molecular formula is C13H15N3O3. The average molecular weight is 261 g/mol. The highest BCUT2D eigenvalue weighted by atomic mass is 16.5. The van der Waals surface area contributed by atoms with Crippen LogP contribution in [0.2, 0.25) is 0 Å². The van der Waals surface area contributed by atoms with Crippen LogP contribution in [-0.2, 0) is 16.1 Å². The van der Waals surface area contributed by atoms with Crippen LogP contribution in [0.3, 0.4) is 0 Å². The summed E-state index contributed by atoms with van der Waals surface area (Å²) in [5, 5.41) is 10.2. The van der Waals surface area contributed by atoms with Gasteiger partial charge >= 0.3 is 0 Å². The summed E-state index contributed by atoms with van der Waals surface area (Å²) in [6.07, 6.45) is -0.648. The van der Waals surface area contributed by atoms with Crippen LogP contribution in [0.15, 0.2) is 34.7 Å². The minimum absolute atomic E-state index is 0.187. The minimum atomic E-state index is -0.648. The van der Waals surface area contributed by atoms with E-state index < -0.39 is 6.10 Å². The van der Waals surface area contributed by atoms with E-state index in [0.29, 0.717) is 11.8 Å². The Bertz CT molecular complexity index is 539. The molecule has 1 N–H and O–H groups in total. The van der Waals surface area contributed by atoms with E-state index in [-0.39, 0.29) is 12.5 Å². The maximum absolute atomic E-state index is 12.0. The second kappa shape index (κ2) is 6.10. The van der Waals surface area contributed by atoms with Gasteiger partial charge in [0.25, 0.3) is 5.91 Å². The van der Waals surface area contributed by atoms with Gasteiger partial charge in [-0.05, 0) is 5.56 Å². The standard InChI is InChI=1S/C13H15N3O3/c1-9-15-16-11(19-9)8-14-13(17)12(18-2)10-6-4-3-5-7-10/h3-7,12H,8H2,1-2H3,(H,14,17)/t12-/m0/s1. The van der Waals surface area contributed by atoms with Crippen molar-refractivity contribution in [1.29, 1.82) is 0 Å². The molecule has 0 bridgehead atoms. The summed E-state index contributed by atoms with van der Waals surface area (Å²) in [4.78, 5) is 12.0. The van der Waals surface area contributed by atoms with Gasteiger partial charge in [-0.1, -0.05) is 30.3 Å². The molecule has 6 nitrogen and oxygen atoms in total. The highest BCUT2D eigenvalue weighted by Gasteiger charge is 2.19. The zero-order chi connectivity index (χ0) is 13.7. The molecule has 0 saturated carbocycles. The Kier molecular flexibility index (Phi) is 4.25. The zero-order valence-electron chi connectivity index (χ0n) is 10.8. The maximum atomic E-state index is 12.0. The summed E-state index contributed by atoms with van der Waals surface area (Å²) in [5.41, 5.74) is 0.796. The fourth-order valence-electron chi connectivity index (χ4n) is 1.69. The quantitative estimate of drug-likeness (QED) is 0.879. The monoisotopic (exact) mass is 261 g/mol. The van der Waals surface area contributed by atoms with Gasteiger partial charge in [0.15, 0.2) is 6.10 Å². The lowest BCUT2D eigenvalue weighted by Crippen LogP contribution is -2.30. The predicted molar refractivity (Wildman–Crippen MR) is 67.1 cm³/mol. The van der Waals surface area contributed by atoms with Crippen molar-refractivity contribution in [3.8, 4) is 0 Å². The molecule has 2 aromatic rings. The first-order valence-corrected chi connectivity index (χ1v) is 5.85. The van der Waals surface area contributed by atoms with E-state index in [9.17, 15) is 4.79 Å². The van der Waals surface area contributed by atoms with Crippen molar-refractivity contribution in [2.24, 2.45) is 0 Å². The molecule has 0 aliphatic heterocycles. The van der Waals surface area contributed by atoms with Crippen LogP contribution in [0.25, 0.3) is 0 Å². The maximum Gasteiger partial charge on any atom is 0.254 e. The number of benzene rings is 1. The lowest BCUT2D eigenvalue weighted by molar-refractivity contribution is -0.131. The van der Waals surface area contributed by atoms with Gasteiger partial charge in [0.1, 0.15) is 0 Å². The zero-order valence-corrected chi connectivity index (χ0v) is 10.8. The molecule has 6 heteroatoms. The highest BCUT2D eigenvalue weighted by Crippen LogP contribution is 2.16. The molecule has 2 rings (SSSR count). The Morgan fingerprint density at radius 1 is 1.37 bits per heavy atom. The topological polar surface area (TPSA) is 77.2 Å². The summed E-state index contributed by atoms with van der Waals surface area (Å²) in [6, 6.07) is 9.27. The van der Waals surface area contributed by atoms with Gasteiger partial charge in [0.05, 0.1) is 6.54 Å². The molecule has 0 spiro atoms. The number of ether oxygens (including phenoxy) is 1. The number of aromatic nitrogens is 2. The van der Waals surface area contributed by atoms with Crippen molar-refractivity contribution in [3.05, 3.63) is 47.7 Å². The Morgan fingerprint density at radius 2 is 2.11 bits per heavy atom. The van der Waals surface area contributed by atoms with Crippen LogP contribution in [0.4, 0.5) is 0 Å². The van der Waals surface area contributed by atoms with Crippen molar-refractivity contribution in [3.63, 3.8) is 0 Å². The largest absolute Gasteiger partial charge is 0.424 e. The number of carbonyl (C=O) groups is 1. The van der Waals surface area contributed by atoms with Gasteiger partial charge in [-0.25, -0.2) is 0 Å². The van der Waals surface area contributed by atoms with E-state index in [1.54, 1.807) is 6.92 Å². The number of methoxy groups -OCH3 is 1. The number of carbonyl (C=O) groups excluding carboxylic acids is 1. The fraction of sp³-hybridized carbons (Fsp3) is 0.308.